The van der Waals surface area contributed by atoms with E-state index in [1.807, 2.05) is 44.2 Å². The lowest BCUT2D eigenvalue weighted by Gasteiger charge is -2.25. The van der Waals surface area contributed by atoms with Crippen LogP contribution in [0.1, 0.15) is 26.7 Å². The fourth-order valence-corrected chi connectivity index (χ4v) is 3.38. The fraction of sp³-hybridized carbons (Fsp3) is 0.611. The van der Waals surface area contributed by atoms with E-state index < -0.39 is 6.04 Å². The SMILES string of the molecule is CC1NNC(C)C1C(N)C(=O)NCC1(COc2ccccc2)CC1. The van der Waals surface area contributed by atoms with E-state index in [0.29, 0.717) is 13.2 Å². The average Bonchev–Trinajstić information content (AvgIpc) is 3.29. The van der Waals surface area contributed by atoms with Crippen LogP contribution in [0.2, 0.25) is 0 Å². The number of carbonyl (C=O) groups is 1. The summed E-state index contributed by atoms with van der Waals surface area (Å²) < 4.78 is 5.86. The predicted molar refractivity (Wildman–Crippen MR) is 93.3 cm³/mol. The zero-order valence-corrected chi connectivity index (χ0v) is 14.4. The second-order valence-corrected chi connectivity index (χ2v) is 7.29. The number of carbonyl (C=O) groups excluding carboxylic acids is 1. The first kappa shape index (κ1) is 17.2. The van der Waals surface area contributed by atoms with Gasteiger partial charge >= 0.3 is 0 Å². The molecule has 0 bridgehead atoms. The summed E-state index contributed by atoms with van der Waals surface area (Å²) in [6, 6.07) is 9.64. The van der Waals surface area contributed by atoms with Gasteiger partial charge in [0.2, 0.25) is 5.91 Å². The number of hydrogen-bond acceptors (Lipinski definition) is 5. The van der Waals surface area contributed by atoms with E-state index in [4.69, 9.17) is 10.5 Å². The fourth-order valence-electron chi connectivity index (χ4n) is 3.38. The van der Waals surface area contributed by atoms with E-state index in [2.05, 4.69) is 16.2 Å². The minimum Gasteiger partial charge on any atom is -0.493 e. The van der Waals surface area contributed by atoms with Gasteiger partial charge in [-0.1, -0.05) is 18.2 Å². The molecule has 132 valence electrons. The largest absolute Gasteiger partial charge is 0.493 e. The van der Waals surface area contributed by atoms with Crippen LogP contribution in [-0.4, -0.2) is 37.2 Å². The van der Waals surface area contributed by atoms with Crippen molar-refractivity contribution in [1.82, 2.24) is 16.2 Å². The van der Waals surface area contributed by atoms with Crippen molar-refractivity contribution >= 4 is 5.91 Å². The Morgan fingerprint density at radius 2 is 1.92 bits per heavy atom. The summed E-state index contributed by atoms with van der Waals surface area (Å²) in [5, 5.41) is 3.04. The number of rotatable bonds is 7. The maximum absolute atomic E-state index is 12.4. The van der Waals surface area contributed by atoms with Crippen molar-refractivity contribution in [3.63, 3.8) is 0 Å². The summed E-state index contributed by atoms with van der Waals surface area (Å²) >= 11 is 0. The van der Waals surface area contributed by atoms with Crippen LogP contribution >= 0.6 is 0 Å². The highest BCUT2D eigenvalue weighted by atomic mass is 16.5. The van der Waals surface area contributed by atoms with Crippen molar-refractivity contribution in [2.75, 3.05) is 13.2 Å². The lowest BCUT2D eigenvalue weighted by atomic mass is 9.88. The van der Waals surface area contributed by atoms with Gasteiger partial charge in [0.05, 0.1) is 12.6 Å². The van der Waals surface area contributed by atoms with Crippen LogP contribution in [0.15, 0.2) is 30.3 Å². The number of benzene rings is 1. The van der Waals surface area contributed by atoms with Crippen LogP contribution in [0.4, 0.5) is 0 Å². The van der Waals surface area contributed by atoms with Gasteiger partial charge in [0.25, 0.3) is 0 Å². The van der Waals surface area contributed by atoms with E-state index >= 15 is 0 Å². The Kier molecular flexibility index (Phi) is 5.08. The minimum absolute atomic E-state index is 0.0641. The number of ether oxygens (including phenoxy) is 1. The number of nitrogens with one attached hydrogen (secondary N) is 3. The first-order chi connectivity index (χ1) is 11.5. The molecule has 3 atom stereocenters. The minimum atomic E-state index is -0.511. The molecule has 2 aliphatic rings. The highest BCUT2D eigenvalue weighted by Gasteiger charge is 2.45. The molecule has 6 nitrogen and oxygen atoms in total. The van der Waals surface area contributed by atoms with Crippen LogP contribution < -0.4 is 26.6 Å². The van der Waals surface area contributed by atoms with E-state index in [9.17, 15) is 4.79 Å². The standard InChI is InChI=1S/C18H28N4O2/c1-12-15(13(2)22-21-12)16(19)17(23)20-10-18(8-9-18)11-24-14-6-4-3-5-7-14/h3-7,12-13,15-16,21-22H,8-11,19H2,1-2H3,(H,20,23). The molecule has 1 aromatic carbocycles. The van der Waals surface area contributed by atoms with E-state index in [1.165, 1.54) is 0 Å². The number of hydrazine groups is 1. The molecule has 24 heavy (non-hydrogen) atoms. The van der Waals surface area contributed by atoms with Gasteiger partial charge in [-0.2, -0.15) is 0 Å². The van der Waals surface area contributed by atoms with Crippen LogP contribution in [0.25, 0.3) is 0 Å². The van der Waals surface area contributed by atoms with Gasteiger partial charge in [-0.15, -0.1) is 0 Å². The molecule has 5 N–H and O–H groups in total. The van der Waals surface area contributed by atoms with Gasteiger partial charge in [0.15, 0.2) is 0 Å². The summed E-state index contributed by atoms with van der Waals surface area (Å²) in [5.41, 5.74) is 12.6. The van der Waals surface area contributed by atoms with Gasteiger partial charge in [0.1, 0.15) is 5.75 Å². The van der Waals surface area contributed by atoms with Crippen molar-refractivity contribution < 1.29 is 9.53 Å². The Balaban J connectivity index is 1.47. The number of hydrogen-bond donors (Lipinski definition) is 4. The van der Waals surface area contributed by atoms with Gasteiger partial charge in [-0.05, 0) is 38.8 Å². The smallest absolute Gasteiger partial charge is 0.237 e. The first-order valence-electron chi connectivity index (χ1n) is 8.73. The Hall–Kier alpha value is -1.63. The molecule has 1 saturated heterocycles. The molecule has 6 heteroatoms. The number of amides is 1. The molecule has 3 unspecified atom stereocenters. The molecule has 1 aliphatic heterocycles. The van der Waals surface area contributed by atoms with E-state index in [-0.39, 0.29) is 29.3 Å². The van der Waals surface area contributed by atoms with E-state index in [1.54, 1.807) is 0 Å². The molecule has 1 saturated carbocycles. The van der Waals surface area contributed by atoms with Crippen LogP contribution in [0, 0.1) is 11.3 Å². The molecule has 0 spiro atoms. The zero-order valence-electron chi connectivity index (χ0n) is 14.4. The third kappa shape index (κ3) is 3.88. The van der Waals surface area contributed by atoms with Crippen molar-refractivity contribution in [2.24, 2.45) is 17.1 Å². The highest BCUT2D eigenvalue weighted by Crippen LogP contribution is 2.45. The second kappa shape index (κ2) is 7.09. The Bertz CT molecular complexity index is 551. The molecule has 1 aromatic rings. The maximum Gasteiger partial charge on any atom is 0.237 e. The molecular weight excluding hydrogens is 304 g/mol. The topological polar surface area (TPSA) is 88.4 Å². The highest BCUT2D eigenvalue weighted by molar-refractivity contribution is 5.82. The third-order valence-electron chi connectivity index (χ3n) is 5.29. The number of nitrogens with two attached hydrogens (primary N) is 1. The normalized spacial score (nSPS) is 29.0. The molecule has 1 aliphatic carbocycles. The lowest BCUT2D eigenvalue weighted by Crippen LogP contribution is -2.52. The summed E-state index contributed by atoms with van der Waals surface area (Å²) in [6.07, 6.45) is 2.16. The van der Waals surface area contributed by atoms with Gasteiger partial charge < -0.3 is 15.8 Å². The molecule has 2 fully saturated rings. The van der Waals surface area contributed by atoms with Crippen LogP contribution in [0.3, 0.4) is 0 Å². The van der Waals surface area contributed by atoms with E-state index in [0.717, 1.165) is 18.6 Å². The van der Waals surface area contributed by atoms with Gasteiger partial charge in [-0.25, -0.2) is 0 Å². The van der Waals surface area contributed by atoms with Crippen molar-refractivity contribution in [1.29, 1.82) is 0 Å². The monoisotopic (exact) mass is 332 g/mol. The Morgan fingerprint density at radius 3 is 2.50 bits per heavy atom. The van der Waals surface area contributed by atoms with Crippen molar-refractivity contribution in [2.45, 2.75) is 44.8 Å². The first-order valence-corrected chi connectivity index (χ1v) is 8.73. The van der Waals surface area contributed by atoms with Crippen LogP contribution in [-0.2, 0) is 4.79 Å². The molecule has 1 heterocycles. The van der Waals surface area contributed by atoms with Crippen molar-refractivity contribution in [3.8, 4) is 5.75 Å². The molecule has 1 amide bonds. The summed E-state index contributed by atoms with van der Waals surface area (Å²) in [7, 11) is 0. The maximum atomic E-state index is 12.4. The number of para-hydroxylation sites is 1. The summed E-state index contributed by atoms with van der Waals surface area (Å²) in [6.45, 7) is 5.35. The average molecular weight is 332 g/mol. The third-order valence-corrected chi connectivity index (χ3v) is 5.29. The molecule has 0 aromatic heterocycles. The molecular formula is C18H28N4O2. The quantitative estimate of drug-likeness (QED) is 0.593. The predicted octanol–water partition coefficient (Wildman–Crippen LogP) is 0.790. The Labute approximate surface area is 143 Å². The summed E-state index contributed by atoms with van der Waals surface area (Å²) in [4.78, 5) is 12.4. The second-order valence-electron chi connectivity index (χ2n) is 7.29. The van der Waals surface area contributed by atoms with Crippen LogP contribution in [0.5, 0.6) is 5.75 Å². The van der Waals surface area contributed by atoms with Gasteiger partial charge in [0, 0.05) is 30.0 Å². The molecule has 3 rings (SSSR count). The summed E-state index contributed by atoms with van der Waals surface area (Å²) in [5.74, 6) is 0.883. The Morgan fingerprint density at radius 1 is 1.29 bits per heavy atom. The van der Waals surface area contributed by atoms with Crippen molar-refractivity contribution in [3.05, 3.63) is 30.3 Å². The van der Waals surface area contributed by atoms with Gasteiger partial charge in [-0.3, -0.25) is 15.6 Å². The molecule has 0 radical (unpaired) electrons. The lowest BCUT2D eigenvalue weighted by molar-refractivity contribution is -0.124. The zero-order chi connectivity index (χ0) is 17.2.